The molecule has 0 aliphatic carbocycles. The van der Waals surface area contributed by atoms with E-state index in [1.807, 2.05) is 18.2 Å². The summed E-state index contributed by atoms with van der Waals surface area (Å²) in [6.07, 6.45) is 4.66. The Hall–Kier alpha value is -2.99. The molecule has 6 heteroatoms. The highest BCUT2D eigenvalue weighted by Crippen LogP contribution is 2.34. The highest BCUT2D eigenvalue weighted by Gasteiger charge is 2.36. The Kier molecular flexibility index (Phi) is 8.34. The maximum atomic E-state index is 15.6. The number of aliphatic carboxylic acids is 1. The number of hydrogen-bond acceptors (Lipinski definition) is 4. The number of rotatable bonds is 10. The lowest BCUT2D eigenvalue weighted by Crippen LogP contribution is -2.48. The third-order valence-corrected chi connectivity index (χ3v) is 7.28. The number of carboxylic acid groups (broad SMARTS) is 1. The molecule has 2 heterocycles. The van der Waals surface area contributed by atoms with Crippen molar-refractivity contribution in [3.8, 4) is 5.75 Å². The zero-order valence-electron chi connectivity index (χ0n) is 20.6. The Labute approximate surface area is 206 Å². The molecule has 0 saturated carbocycles. The molecule has 4 rings (SSSR count). The van der Waals surface area contributed by atoms with Crippen molar-refractivity contribution in [2.75, 3.05) is 20.2 Å². The van der Waals surface area contributed by atoms with Crippen LogP contribution < -0.4 is 4.74 Å². The topological polar surface area (TPSA) is 62.7 Å². The van der Waals surface area contributed by atoms with Crippen LogP contribution in [0.4, 0.5) is 4.39 Å². The quantitative estimate of drug-likeness (QED) is 0.379. The fourth-order valence-electron chi connectivity index (χ4n) is 5.34. The summed E-state index contributed by atoms with van der Waals surface area (Å²) in [6.45, 7) is 3.78. The van der Waals surface area contributed by atoms with Gasteiger partial charge in [-0.3, -0.25) is 14.7 Å². The summed E-state index contributed by atoms with van der Waals surface area (Å²) in [5.41, 5.74) is 3.85. The number of halogens is 1. The van der Waals surface area contributed by atoms with E-state index in [1.165, 1.54) is 11.1 Å². The van der Waals surface area contributed by atoms with Crippen molar-refractivity contribution in [1.82, 2.24) is 9.88 Å². The molecule has 1 N–H and O–H groups in total. The molecule has 0 radical (unpaired) electrons. The number of benzene rings is 2. The minimum Gasteiger partial charge on any atom is -0.497 e. The molecule has 1 fully saturated rings. The molecule has 0 spiro atoms. The lowest BCUT2D eigenvalue weighted by atomic mass is 9.85. The van der Waals surface area contributed by atoms with E-state index in [4.69, 9.17) is 4.74 Å². The van der Waals surface area contributed by atoms with Crippen LogP contribution in [0.25, 0.3) is 10.9 Å². The first-order chi connectivity index (χ1) is 17.0. The van der Waals surface area contributed by atoms with Gasteiger partial charge >= 0.3 is 5.97 Å². The first-order valence-corrected chi connectivity index (χ1v) is 12.6. The van der Waals surface area contributed by atoms with Crippen LogP contribution in [0.2, 0.25) is 0 Å². The third kappa shape index (κ3) is 6.17. The van der Waals surface area contributed by atoms with Crippen LogP contribution in [0.15, 0.2) is 54.7 Å². The first-order valence-electron chi connectivity index (χ1n) is 12.6. The van der Waals surface area contributed by atoms with Crippen molar-refractivity contribution in [2.24, 2.45) is 5.92 Å². The van der Waals surface area contributed by atoms with Crippen LogP contribution >= 0.6 is 0 Å². The zero-order chi connectivity index (χ0) is 24.8. The molecule has 2 aromatic carbocycles. The van der Waals surface area contributed by atoms with Gasteiger partial charge in [-0.2, -0.15) is 0 Å². The molecular formula is C29H35FN2O3. The minimum absolute atomic E-state index is 0.153. The average molecular weight is 479 g/mol. The molecule has 3 atom stereocenters. The molecule has 35 heavy (non-hydrogen) atoms. The normalized spacial score (nSPS) is 19.5. The summed E-state index contributed by atoms with van der Waals surface area (Å²) < 4.78 is 20.9. The van der Waals surface area contributed by atoms with E-state index < -0.39 is 18.1 Å². The SMILES string of the molecule is COc1ccc2nccc(C(F)CCC3C(C(=O)O)CCCN3CCCc3ccc(C)cc3)c2c1. The van der Waals surface area contributed by atoms with Crippen molar-refractivity contribution in [3.63, 3.8) is 0 Å². The standard InChI is InChI=1S/C29H35FN2O3/c1-20-7-9-21(10-8-20)5-3-17-32-18-4-6-24(29(33)34)28(32)14-12-26(30)23-15-16-31-27-13-11-22(35-2)19-25(23)27/h7-11,13,15-16,19,24,26,28H,3-6,12,14,17-18H2,1-2H3,(H,33,34). The van der Waals surface area contributed by atoms with Crippen molar-refractivity contribution < 1.29 is 19.0 Å². The number of aromatic nitrogens is 1. The predicted molar refractivity (Wildman–Crippen MR) is 137 cm³/mol. The summed E-state index contributed by atoms with van der Waals surface area (Å²) in [7, 11) is 1.59. The van der Waals surface area contributed by atoms with Gasteiger partial charge in [-0.05, 0) is 93.9 Å². The summed E-state index contributed by atoms with van der Waals surface area (Å²) in [5.74, 6) is -0.561. The fourth-order valence-corrected chi connectivity index (χ4v) is 5.34. The number of aryl methyl sites for hydroxylation is 2. The molecular weight excluding hydrogens is 443 g/mol. The number of carbonyl (C=O) groups is 1. The second-order valence-electron chi connectivity index (χ2n) is 9.61. The molecule has 1 aliphatic heterocycles. The van der Waals surface area contributed by atoms with Gasteiger partial charge in [0.05, 0.1) is 18.5 Å². The molecule has 0 amide bonds. The van der Waals surface area contributed by atoms with Crippen molar-refractivity contribution >= 4 is 16.9 Å². The van der Waals surface area contributed by atoms with E-state index in [9.17, 15) is 9.90 Å². The Morgan fingerprint density at radius 1 is 1.23 bits per heavy atom. The van der Waals surface area contributed by atoms with Crippen LogP contribution in [0.1, 0.15) is 55.0 Å². The van der Waals surface area contributed by atoms with Gasteiger partial charge < -0.3 is 9.84 Å². The van der Waals surface area contributed by atoms with E-state index in [0.717, 1.165) is 43.3 Å². The van der Waals surface area contributed by atoms with E-state index >= 15 is 4.39 Å². The number of fused-ring (bicyclic) bond motifs is 1. The second-order valence-corrected chi connectivity index (χ2v) is 9.61. The summed E-state index contributed by atoms with van der Waals surface area (Å²) in [4.78, 5) is 18.7. The number of piperidine rings is 1. The second kappa shape index (κ2) is 11.6. The van der Waals surface area contributed by atoms with Crippen molar-refractivity contribution in [3.05, 3.63) is 71.4 Å². The lowest BCUT2D eigenvalue weighted by Gasteiger charge is -2.40. The first kappa shape index (κ1) is 25.1. The summed E-state index contributed by atoms with van der Waals surface area (Å²) in [5, 5.41) is 10.6. The Balaban J connectivity index is 1.44. The number of methoxy groups -OCH3 is 1. The van der Waals surface area contributed by atoms with Crippen LogP contribution in [-0.2, 0) is 11.2 Å². The number of nitrogens with zero attached hydrogens (tertiary/aromatic N) is 2. The van der Waals surface area contributed by atoms with Gasteiger partial charge in [0.15, 0.2) is 0 Å². The van der Waals surface area contributed by atoms with Gasteiger partial charge in [0.1, 0.15) is 11.9 Å². The largest absolute Gasteiger partial charge is 0.497 e. The highest BCUT2D eigenvalue weighted by atomic mass is 19.1. The van der Waals surface area contributed by atoms with E-state index in [-0.39, 0.29) is 12.5 Å². The van der Waals surface area contributed by atoms with Gasteiger partial charge in [0.25, 0.3) is 0 Å². The zero-order valence-corrected chi connectivity index (χ0v) is 20.6. The van der Waals surface area contributed by atoms with Gasteiger partial charge in [-0.1, -0.05) is 29.8 Å². The number of likely N-dealkylation sites (tertiary alicyclic amines) is 1. The Morgan fingerprint density at radius 2 is 2.03 bits per heavy atom. The lowest BCUT2D eigenvalue weighted by molar-refractivity contribution is -0.146. The average Bonchev–Trinajstić information content (AvgIpc) is 2.87. The van der Waals surface area contributed by atoms with Crippen LogP contribution in [0.3, 0.4) is 0 Å². The maximum absolute atomic E-state index is 15.6. The van der Waals surface area contributed by atoms with Gasteiger partial charge in [0, 0.05) is 17.6 Å². The monoisotopic (exact) mass is 478 g/mol. The molecule has 3 unspecified atom stereocenters. The Bertz CT molecular complexity index is 1130. The maximum Gasteiger partial charge on any atom is 0.308 e. The van der Waals surface area contributed by atoms with Crippen LogP contribution in [0, 0.1) is 12.8 Å². The number of hydrogen-bond donors (Lipinski definition) is 1. The van der Waals surface area contributed by atoms with Gasteiger partial charge in [-0.25, -0.2) is 4.39 Å². The molecule has 0 bridgehead atoms. The van der Waals surface area contributed by atoms with Crippen molar-refractivity contribution in [2.45, 2.75) is 57.7 Å². The van der Waals surface area contributed by atoms with Crippen LogP contribution in [0.5, 0.6) is 5.75 Å². The molecule has 1 aliphatic rings. The highest BCUT2D eigenvalue weighted by molar-refractivity contribution is 5.83. The molecule has 5 nitrogen and oxygen atoms in total. The number of ether oxygens (including phenoxy) is 1. The molecule has 1 saturated heterocycles. The van der Waals surface area contributed by atoms with E-state index in [1.54, 1.807) is 19.4 Å². The number of alkyl halides is 1. The van der Waals surface area contributed by atoms with Crippen LogP contribution in [-0.4, -0.2) is 47.2 Å². The van der Waals surface area contributed by atoms with Crippen molar-refractivity contribution in [1.29, 1.82) is 0 Å². The number of pyridine rings is 1. The third-order valence-electron chi connectivity index (χ3n) is 7.28. The van der Waals surface area contributed by atoms with E-state index in [0.29, 0.717) is 24.2 Å². The van der Waals surface area contributed by atoms with E-state index in [2.05, 4.69) is 41.1 Å². The summed E-state index contributed by atoms with van der Waals surface area (Å²) in [6, 6.07) is 15.6. The van der Waals surface area contributed by atoms with Gasteiger partial charge in [-0.15, -0.1) is 0 Å². The molecule has 3 aromatic rings. The Morgan fingerprint density at radius 3 is 2.77 bits per heavy atom. The predicted octanol–water partition coefficient (Wildman–Crippen LogP) is 6.14. The fraction of sp³-hybridized carbons (Fsp3) is 0.448. The molecule has 186 valence electrons. The summed E-state index contributed by atoms with van der Waals surface area (Å²) >= 11 is 0. The minimum atomic E-state index is -1.20. The van der Waals surface area contributed by atoms with Gasteiger partial charge in [0.2, 0.25) is 0 Å². The smallest absolute Gasteiger partial charge is 0.308 e. The molecule has 1 aromatic heterocycles. The number of carboxylic acids is 1.